The van der Waals surface area contributed by atoms with Crippen LogP contribution in [0.2, 0.25) is 0 Å². The third kappa shape index (κ3) is 1.61. The SMILES string of the molecule is CC(=O)OC1=CC(C)[C@@]2(O)C=CC[C@@H]3[C@@H](OC(=O)C34CC4)[C@]12C. The summed E-state index contributed by atoms with van der Waals surface area (Å²) >= 11 is 0. The Kier molecular flexibility index (Phi) is 2.77. The average Bonchev–Trinajstić information content (AvgIpc) is 3.20. The van der Waals surface area contributed by atoms with E-state index in [0.29, 0.717) is 12.2 Å². The van der Waals surface area contributed by atoms with E-state index in [0.717, 1.165) is 12.8 Å². The van der Waals surface area contributed by atoms with Crippen molar-refractivity contribution in [2.24, 2.45) is 22.7 Å². The first kappa shape index (κ1) is 14.9. The van der Waals surface area contributed by atoms with Crippen molar-refractivity contribution in [3.8, 4) is 0 Å². The van der Waals surface area contributed by atoms with Crippen LogP contribution in [0.25, 0.3) is 0 Å². The van der Waals surface area contributed by atoms with E-state index < -0.39 is 28.5 Å². The van der Waals surface area contributed by atoms with Gasteiger partial charge >= 0.3 is 11.9 Å². The minimum atomic E-state index is -1.22. The predicted octanol–water partition coefficient (Wildman–Crippen LogP) is 2.10. The number of fused-ring (bicyclic) bond motifs is 4. The van der Waals surface area contributed by atoms with Crippen molar-refractivity contribution in [1.82, 2.24) is 0 Å². The van der Waals surface area contributed by atoms with Crippen molar-refractivity contribution in [3.05, 3.63) is 24.0 Å². The number of hydrogen-bond acceptors (Lipinski definition) is 5. The van der Waals surface area contributed by atoms with Crippen molar-refractivity contribution < 1.29 is 24.2 Å². The van der Waals surface area contributed by atoms with Gasteiger partial charge in [0.15, 0.2) is 0 Å². The highest BCUT2D eigenvalue weighted by Gasteiger charge is 2.73. The summed E-state index contributed by atoms with van der Waals surface area (Å²) in [7, 11) is 0. The molecule has 0 amide bonds. The Labute approximate surface area is 135 Å². The molecule has 5 heteroatoms. The second-order valence-corrected chi connectivity index (χ2v) is 7.67. The van der Waals surface area contributed by atoms with Crippen LogP contribution in [0.1, 0.15) is 40.0 Å². The lowest BCUT2D eigenvalue weighted by Gasteiger charge is -2.44. The van der Waals surface area contributed by atoms with Crippen molar-refractivity contribution in [1.29, 1.82) is 0 Å². The van der Waals surface area contributed by atoms with Crippen LogP contribution in [0.3, 0.4) is 0 Å². The molecule has 4 aliphatic rings. The summed E-state index contributed by atoms with van der Waals surface area (Å²) in [5.41, 5.74) is -2.56. The maximum atomic E-state index is 12.4. The second kappa shape index (κ2) is 4.26. The van der Waals surface area contributed by atoms with Crippen LogP contribution < -0.4 is 0 Å². The van der Waals surface area contributed by atoms with Gasteiger partial charge in [0.05, 0.1) is 10.8 Å². The molecule has 1 spiro atoms. The van der Waals surface area contributed by atoms with Crippen molar-refractivity contribution in [3.63, 3.8) is 0 Å². The summed E-state index contributed by atoms with van der Waals surface area (Å²) in [6.45, 7) is 5.09. The number of esters is 2. The van der Waals surface area contributed by atoms with E-state index in [1.807, 2.05) is 26.0 Å². The van der Waals surface area contributed by atoms with E-state index in [-0.39, 0.29) is 17.8 Å². The average molecular weight is 318 g/mol. The minimum Gasteiger partial charge on any atom is -0.460 e. The number of carbonyl (C=O) groups excluding carboxylic acids is 2. The van der Waals surface area contributed by atoms with Gasteiger partial charge in [-0.1, -0.05) is 19.1 Å². The van der Waals surface area contributed by atoms with Gasteiger partial charge in [-0.3, -0.25) is 9.59 Å². The fourth-order valence-corrected chi connectivity index (χ4v) is 4.91. The molecule has 5 nitrogen and oxygen atoms in total. The van der Waals surface area contributed by atoms with Gasteiger partial charge in [-0.2, -0.15) is 0 Å². The number of ether oxygens (including phenoxy) is 2. The molecule has 1 saturated heterocycles. The van der Waals surface area contributed by atoms with Crippen molar-refractivity contribution in [2.45, 2.75) is 51.7 Å². The Hall–Kier alpha value is -1.62. The molecule has 0 bridgehead atoms. The maximum Gasteiger partial charge on any atom is 0.312 e. The van der Waals surface area contributed by atoms with Gasteiger partial charge < -0.3 is 14.6 Å². The number of allylic oxidation sites excluding steroid dienone is 1. The van der Waals surface area contributed by atoms with E-state index in [9.17, 15) is 14.7 Å². The molecule has 5 atom stereocenters. The second-order valence-electron chi connectivity index (χ2n) is 7.67. The van der Waals surface area contributed by atoms with Crippen molar-refractivity contribution >= 4 is 11.9 Å². The highest BCUT2D eigenvalue weighted by molar-refractivity contribution is 5.83. The summed E-state index contributed by atoms with van der Waals surface area (Å²) in [5, 5.41) is 11.4. The van der Waals surface area contributed by atoms with Gasteiger partial charge in [0, 0.05) is 18.8 Å². The molecule has 1 aliphatic heterocycles. The van der Waals surface area contributed by atoms with Gasteiger partial charge in [0.2, 0.25) is 0 Å². The van der Waals surface area contributed by atoms with E-state index in [2.05, 4.69) is 0 Å². The fraction of sp³-hybridized carbons (Fsp3) is 0.667. The molecule has 2 fully saturated rings. The number of hydrogen-bond donors (Lipinski definition) is 1. The van der Waals surface area contributed by atoms with Crippen LogP contribution in [-0.2, 0) is 19.1 Å². The first-order chi connectivity index (χ1) is 10.8. The quantitative estimate of drug-likeness (QED) is 0.592. The number of aliphatic hydroxyl groups is 1. The van der Waals surface area contributed by atoms with Crippen molar-refractivity contribution in [2.75, 3.05) is 0 Å². The lowest BCUT2D eigenvalue weighted by atomic mass is 9.65. The minimum absolute atomic E-state index is 0.0227. The zero-order valence-electron chi connectivity index (χ0n) is 13.7. The van der Waals surface area contributed by atoms with Crippen LogP contribution in [0.15, 0.2) is 24.0 Å². The Morgan fingerprint density at radius 2 is 2.13 bits per heavy atom. The molecule has 4 rings (SSSR count). The molecule has 0 aromatic heterocycles. The summed E-state index contributed by atoms with van der Waals surface area (Å²) in [6.07, 6.45) is 7.48. The zero-order chi connectivity index (χ0) is 16.6. The summed E-state index contributed by atoms with van der Waals surface area (Å²) in [6, 6.07) is 0. The Morgan fingerprint density at radius 3 is 2.74 bits per heavy atom. The van der Waals surface area contributed by atoms with Gasteiger partial charge in [0.1, 0.15) is 17.5 Å². The molecule has 1 unspecified atom stereocenters. The first-order valence-electron chi connectivity index (χ1n) is 8.27. The molecule has 0 aromatic rings. The highest BCUT2D eigenvalue weighted by atomic mass is 16.6. The first-order valence-corrected chi connectivity index (χ1v) is 8.27. The monoisotopic (exact) mass is 318 g/mol. The third-order valence-electron chi connectivity index (χ3n) is 6.53. The fourth-order valence-electron chi connectivity index (χ4n) is 4.91. The Morgan fingerprint density at radius 1 is 1.43 bits per heavy atom. The zero-order valence-corrected chi connectivity index (χ0v) is 13.7. The number of rotatable bonds is 1. The standard InChI is InChI=1S/C18H22O5/c1-10-9-13(22-11(2)19)16(3)14-12(5-4-6-18(10,16)21)17(7-8-17)15(20)23-14/h4,6,9-10,12,14,21H,5,7-8H2,1-3H3/t10?,12-,14-,16+,18+/m1/s1. The lowest BCUT2D eigenvalue weighted by Crippen LogP contribution is -2.54. The predicted molar refractivity (Wildman–Crippen MR) is 80.9 cm³/mol. The Balaban J connectivity index is 1.85. The van der Waals surface area contributed by atoms with Crippen LogP contribution in [0.5, 0.6) is 0 Å². The lowest BCUT2D eigenvalue weighted by molar-refractivity contribution is -0.161. The molecule has 3 aliphatic carbocycles. The van der Waals surface area contributed by atoms with Gasteiger partial charge in [-0.15, -0.1) is 0 Å². The topological polar surface area (TPSA) is 72.8 Å². The Bertz CT molecular complexity index is 658. The molecule has 1 N–H and O–H groups in total. The summed E-state index contributed by atoms with van der Waals surface area (Å²) < 4.78 is 11.2. The van der Waals surface area contributed by atoms with Crippen LogP contribution in [-0.4, -0.2) is 28.8 Å². The summed E-state index contributed by atoms with van der Waals surface area (Å²) in [4.78, 5) is 24.0. The third-order valence-corrected chi connectivity index (χ3v) is 6.53. The molecular weight excluding hydrogens is 296 g/mol. The molecule has 1 saturated carbocycles. The van der Waals surface area contributed by atoms with Crippen LogP contribution in [0, 0.1) is 22.7 Å². The van der Waals surface area contributed by atoms with E-state index in [1.54, 1.807) is 6.08 Å². The molecular formula is C18H22O5. The smallest absolute Gasteiger partial charge is 0.312 e. The van der Waals surface area contributed by atoms with E-state index >= 15 is 0 Å². The van der Waals surface area contributed by atoms with Gasteiger partial charge in [-0.05, 0) is 32.3 Å². The molecule has 0 radical (unpaired) electrons. The molecule has 1 heterocycles. The van der Waals surface area contributed by atoms with Crippen LogP contribution >= 0.6 is 0 Å². The molecule has 0 aromatic carbocycles. The number of carbonyl (C=O) groups is 2. The largest absolute Gasteiger partial charge is 0.460 e. The van der Waals surface area contributed by atoms with Gasteiger partial charge in [-0.25, -0.2) is 0 Å². The van der Waals surface area contributed by atoms with Gasteiger partial charge in [0.25, 0.3) is 0 Å². The van der Waals surface area contributed by atoms with Crippen LogP contribution in [0.4, 0.5) is 0 Å². The highest BCUT2D eigenvalue weighted by Crippen LogP contribution is 2.67. The molecule has 124 valence electrons. The van der Waals surface area contributed by atoms with E-state index in [4.69, 9.17) is 9.47 Å². The van der Waals surface area contributed by atoms with E-state index in [1.165, 1.54) is 6.92 Å². The summed E-state index contributed by atoms with van der Waals surface area (Å²) in [5.74, 6) is -0.370. The maximum absolute atomic E-state index is 12.4. The molecule has 23 heavy (non-hydrogen) atoms. The normalized spacial score (nSPS) is 45.8.